The van der Waals surface area contributed by atoms with Gasteiger partial charge in [-0.25, -0.2) is 0 Å². The highest BCUT2D eigenvalue weighted by atomic mass is 16.6. The number of aliphatic hydroxyl groups is 1. The number of nitro groups is 1. The van der Waals surface area contributed by atoms with Crippen LogP contribution in [0.4, 0.5) is 5.69 Å². The molecule has 0 aliphatic rings. The van der Waals surface area contributed by atoms with Crippen molar-refractivity contribution in [2.24, 2.45) is 0 Å². The van der Waals surface area contributed by atoms with Crippen LogP contribution in [0.15, 0.2) is 12.4 Å². The van der Waals surface area contributed by atoms with Crippen molar-refractivity contribution >= 4 is 11.6 Å². The molecule has 0 saturated heterocycles. The molecule has 9 nitrogen and oxygen atoms in total. The molecule has 0 aliphatic heterocycles. The minimum atomic E-state index is -0.579. The molecule has 0 radical (unpaired) electrons. The first-order chi connectivity index (χ1) is 9.08. The zero-order chi connectivity index (χ0) is 14.3. The number of carbonyl (C=O) groups excluding carboxylic acids is 1. The van der Waals surface area contributed by atoms with Gasteiger partial charge in [-0.1, -0.05) is 0 Å². The maximum atomic E-state index is 11.9. The fraction of sp³-hybridized carbons (Fsp3) is 0.600. The van der Waals surface area contributed by atoms with Crippen molar-refractivity contribution in [2.45, 2.75) is 6.54 Å². The maximum Gasteiger partial charge on any atom is 0.307 e. The number of aliphatic hydroxyl groups excluding tert-OH is 1. The van der Waals surface area contributed by atoms with Crippen LogP contribution in [-0.4, -0.2) is 64.0 Å². The lowest BCUT2D eigenvalue weighted by atomic mass is 10.4. The van der Waals surface area contributed by atoms with Crippen LogP contribution in [0.5, 0.6) is 0 Å². The monoisotopic (exact) mass is 272 g/mol. The Morgan fingerprint density at radius 3 is 2.89 bits per heavy atom. The summed E-state index contributed by atoms with van der Waals surface area (Å²) in [6.07, 6.45) is 2.27. The molecule has 19 heavy (non-hydrogen) atoms. The lowest BCUT2D eigenvalue weighted by molar-refractivity contribution is -0.385. The van der Waals surface area contributed by atoms with E-state index in [0.29, 0.717) is 13.2 Å². The molecule has 1 aromatic heterocycles. The molecule has 1 aromatic rings. The number of carbonyl (C=O) groups is 1. The third-order valence-electron chi connectivity index (χ3n) is 2.42. The van der Waals surface area contributed by atoms with Crippen molar-refractivity contribution in [3.8, 4) is 0 Å². The fourth-order valence-corrected chi connectivity index (χ4v) is 1.46. The van der Waals surface area contributed by atoms with Gasteiger partial charge in [-0.2, -0.15) is 5.10 Å². The van der Waals surface area contributed by atoms with E-state index in [1.165, 1.54) is 22.9 Å². The van der Waals surface area contributed by atoms with Gasteiger partial charge in [-0.15, -0.1) is 0 Å². The second-order valence-corrected chi connectivity index (χ2v) is 3.75. The highest BCUT2D eigenvalue weighted by Crippen LogP contribution is 2.07. The number of ether oxygens (including phenoxy) is 1. The van der Waals surface area contributed by atoms with Crippen molar-refractivity contribution in [1.82, 2.24) is 14.7 Å². The van der Waals surface area contributed by atoms with Crippen LogP contribution in [0, 0.1) is 10.1 Å². The minimum Gasteiger partial charge on any atom is -0.395 e. The Labute approximate surface area is 109 Å². The summed E-state index contributed by atoms with van der Waals surface area (Å²) in [6.45, 7) is 0.613. The molecule has 1 amide bonds. The van der Waals surface area contributed by atoms with Gasteiger partial charge >= 0.3 is 5.69 Å². The number of nitrogens with zero attached hydrogens (tertiary/aromatic N) is 4. The van der Waals surface area contributed by atoms with Crippen molar-refractivity contribution in [3.05, 3.63) is 22.5 Å². The van der Waals surface area contributed by atoms with E-state index < -0.39 is 4.92 Å². The zero-order valence-electron chi connectivity index (χ0n) is 10.6. The zero-order valence-corrected chi connectivity index (χ0v) is 10.6. The molecule has 9 heteroatoms. The van der Waals surface area contributed by atoms with Crippen LogP contribution in [0.2, 0.25) is 0 Å². The molecule has 106 valence electrons. The van der Waals surface area contributed by atoms with Gasteiger partial charge in [0.25, 0.3) is 0 Å². The number of hydrogen-bond donors (Lipinski definition) is 1. The van der Waals surface area contributed by atoms with E-state index in [9.17, 15) is 14.9 Å². The smallest absolute Gasteiger partial charge is 0.307 e. The predicted molar refractivity (Wildman–Crippen MR) is 64.4 cm³/mol. The molecule has 1 heterocycles. The summed E-state index contributed by atoms with van der Waals surface area (Å²) < 4.78 is 6.06. The van der Waals surface area contributed by atoms with E-state index in [1.807, 2.05) is 0 Å². The molecular weight excluding hydrogens is 256 g/mol. The average Bonchev–Trinajstić information content (AvgIpc) is 2.83. The maximum absolute atomic E-state index is 11.9. The van der Waals surface area contributed by atoms with Crippen LogP contribution in [0.25, 0.3) is 0 Å². The molecule has 0 unspecified atom stereocenters. The first-order valence-corrected chi connectivity index (χ1v) is 5.63. The molecular formula is C10H16N4O5. The summed E-state index contributed by atoms with van der Waals surface area (Å²) in [5.74, 6) is -0.288. The number of hydrogen-bond acceptors (Lipinski definition) is 6. The molecule has 0 aliphatic carbocycles. The highest BCUT2D eigenvalue weighted by molar-refractivity contribution is 5.75. The van der Waals surface area contributed by atoms with Crippen LogP contribution in [-0.2, 0) is 16.1 Å². The second-order valence-electron chi connectivity index (χ2n) is 3.75. The molecule has 0 fully saturated rings. The van der Waals surface area contributed by atoms with Gasteiger partial charge in [0.2, 0.25) is 5.91 Å². The van der Waals surface area contributed by atoms with Gasteiger partial charge in [0, 0.05) is 20.2 Å². The number of aromatic nitrogens is 2. The topological polar surface area (TPSA) is 111 Å². The van der Waals surface area contributed by atoms with Crippen molar-refractivity contribution < 1.29 is 19.6 Å². The summed E-state index contributed by atoms with van der Waals surface area (Å²) >= 11 is 0. The van der Waals surface area contributed by atoms with Crippen molar-refractivity contribution in [3.63, 3.8) is 0 Å². The third kappa shape index (κ3) is 4.64. The third-order valence-corrected chi connectivity index (χ3v) is 2.42. The number of rotatable bonds is 8. The Kier molecular flexibility index (Phi) is 5.90. The summed E-state index contributed by atoms with van der Waals surface area (Å²) in [5, 5.41) is 23.1. The van der Waals surface area contributed by atoms with Crippen LogP contribution in [0.1, 0.15) is 0 Å². The summed E-state index contributed by atoms with van der Waals surface area (Å²) in [5.41, 5.74) is -0.168. The molecule has 0 atom stereocenters. The van der Waals surface area contributed by atoms with E-state index >= 15 is 0 Å². The van der Waals surface area contributed by atoms with Crippen molar-refractivity contribution in [2.75, 3.05) is 33.4 Å². The first-order valence-electron chi connectivity index (χ1n) is 5.63. The summed E-state index contributed by atoms with van der Waals surface area (Å²) in [7, 11) is 1.51. The number of methoxy groups -OCH3 is 1. The Hall–Kier alpha value is -2.00. The van der Waals surface area contributed by atoms with E-state index in [1.54, 1.807) is 0 Å². The van der Waals surface area contributed by atoms with E-state index in [-0.39, 0.29) is 31.3 Å². The number of amides is 1. The summed E-state index contributed by atoms with van der Waals surface area (Å²) in [4.78, 5) is 23.2. The van der Waals surface area contributed by atoms with E-state index in [0.717, 1.165) is 6.20 Å². The Bertz CT molecular complexity index is 433. The van der Waals surface area contributed by atoms with Gasteiger partial charge in [-0.05, 0) is 0 Å². The van der Waals surface area contributed by atoms with Crippen molar-refractivity contribution in [1.29, 1.82) is 0 Å². The Morgan fingerprint density at radius 2 is 2.37 bits per heavy atom. The molecule has 0 aromatic carbocycles. The quantitative estimate of drug-likeness (QED) is 0.493. The molecule has 0 bridgehead atoms. The van der Waals surface area contributed by atoms with Gasteiger partial charge in [0.1, 0.15) is 18.9 Å². The fourth-order valence-electron chi connectivity index (χ4n) is 1.46. The van der Waals surface area contributed by atoms with Gasteiger partial charge in [-0.3, -0.25) is 19.6 Å². The molecule has 0 spiro atoms. The minimum absolute atomic E-state index is 0.114. The highest BCUT2D eigenvalue weighted by Gasteiger charge is 2.16. The second kappa shape index (κ2) is 7.44. The largest absolute Gasteiger partial charge is 0.395 e. The molecule has 1 N–H and O–H groups in total. The lowest BCUT2D eigenvalue weighted by Crippen LogP contribution is -2.38. The normalized spacial score (nSPS) is 10.4. The predicted octanol–water partition coefficient (Wildman–Crippen LogP) is -0.741. The molecule has 0 saturated carbocycles. The van der Waals surface area contributed by atoms with Gasteiger partial charge < -0.3 is 14.7 Å². The van der Waals surface area contributed by atoms with Gasteiger partial charge in [0.05, 0.1) is 18.1 Å². The van der Waals surface area contributed by atoms with Crippen LogP contribution >= 0.6 is 0 Å². The first kappa shape index (κ1) is 15.1. The lowest BCUT2D eigenvalue weighted by Gasteiger charge is -2.21. The summed E-state index contributed by atoms with van der Waals surface area (Å²) in [6, 6.07) is 0. The molecule has 1 rings (SSSR count). The standard InChI is InChI=1S/C10H16N4O5/c1-19-5-3-12(2-4-15)10(16)8-13-7-9(6-11-13)14(17)18/h6-7,15H,2-5,8H2,1H3. The average molecular weight is 272 g/mol. The van der Waals surface area contributed by atoms with E-state index in [2.05, 4.69) is 5.10 Å². The Morgan fingerprint density at radius 1 is 1.63 bits per heavy atom. The SMILES string of the molecule is COCCN(CCO)C(=O)Cn1cc([N+](=O)[O-])cn1. The van der Waals surface area contributed by atoms with Gasteiger partial charge in [0.15, 0.2) is 0 Å². The van der Waals surface area contributed by atoms with Crippen LogP contribution < -0.4 is 0 Å². The van der Waals surface area contributed by atoms with Crippen LogP contribution in [0.3, 0.4) is 0 Å². The van der Waals surface area contributed by atoms with E-state index in [4.69, 9.17) is 9.84 Å². The Balaban J connectivity index is 2.61.